The first-order valence-electron chi connectivity index (χ1n) is 9.70. The highest BCUT2D eigenvalue weighted by molar-refractivity contribution is 7.13. The van der Waals surface area contributed by atoms with Crippen LogP contribution in [0.25, 0.3) is 16.2 Å². The van der Waals surface area contributed by atoms with Crippen LogP contribution in [0.15, 0.2) is 41.9 Å². The van der Waals surface area contributed by atoms with Crippen molar-refractivity contribution in [3.05, 3.63) is 59.0 Å². The summed E-state index contributed by atoms with van der Waals surface area (Å²) in [6.45, 7) is 0.956. The highest BCUT2D eigenvalue weighted by atomic mass is 32.1. The fourth-order valence-electron chi connectivity index (χ4n) is 3.89. The number of carbonyl (C=O) groups is 1. The Hall–Kier alpha value is -3.21. The minimum Gasteiger partial charge on any atom is -0.337 e. The maximum atomic E-state index is 13.8. The first kappa shape index (κ1) is 19.7. The molecule has 0 radical (unpaired) electrons. The molecule has 1 aliphatic heterocycles. The third kappa shape index (κ3) is 3.69. The number of aromatic amines is 1. The van der Waals surface area contributed by atoms with Gasteiger partial charge in [0.05, 0.1) is 16.3 Å². The van der Waals surface area contributed by atoms with Crippen LogP contribution in [0.4, 0.5) is 13.2 Å². The van der Waals surface area contributed by atoms with Gasteiger partial charge in [-0.1, -0.05) is 6.07 Å². The molecule has 1 aliphatic rings. The van der Waals surface area contributed by atoms with Gasteiger partial charge in [0, 0.05) is 31.3 Å². The molecule has 0 bridgehead atoms. The Morgan fingerprint density at radius 3 is 2.84 bits per heavy atom. The third-order valence-electron chi connectivity index (χ3n) is 5.37. The second-order valence-corrected chi connectivity index (χ2v) is 8.35. The molecule has 0 saturated carbocycles. The standard InChI is InChI=1S/C20H17F3N6OS/c21-20(22,23)17-9-15(16-4-2-8-31-16)25-18-10-14(27-29(17)18)12-3-1-7-28(11-12)19(30)13-5-6-24-26-13/h2,4-6,8-10,12H,1,3,7,11H2,(H,24,26)/t12-/m0/s1. The van der Waals surface area contributed by atoms with Crippen LogP contribution in [-0.4, -0.2) is 48.7 Å². The molecule has 1 saturated heterocycles. The number of piperidine rings is 1. The first-order valence-corrected chi connectivity index (χ1v) is 10.6. The number of hydrogen-bond donors (Lipinski definition) is 1. The van der Waals surface area contributed by atoms with E-state index < -0.39 is 11.9 Å². The van der Waals surface area contributed by atoms with Gasteiger partial charge in [0.25, 0.3) is 5.91 Å². The lowest BCUT2D eigenvalue weighted by atomic mass is 9.94. The lowest BCUT2D eigenvalue weighted by molar-refractivity contribution is -0.142. The maximum Gasteiger partial charge on any atom is 0.433 e. The van der Waals surface area contributed by atoms with Crippen molar-refractivity contribution >= 4 is 22.9 Å². The summed E-state index contributed by atoms with van der Waals surface area (Å²) in [6, 6.07) is 7.74. The van der Waals surface area contributed by atoms with E-state index in [1.807, 2.05) is 0 Å². The molecule has 1 N–H and O–H groups in total. The second kappa shape index (κ2) is 7.49. The van der Waals surface area contributed by atoms with Gasteiger partial charge in [-0.25, -0.2) is 9.50 Å². The maximum absolute atomic E-state index is 13.8. The topological polar surface area (TPSA) is 79.2 Å². The van der Waals surface area contributed by atoms with Gasteiger partial charge in [-0.2, -0.15) is 23.4 Å². The molecule has 0 aromatic carbocycles. The normalized spacial score (nSPS) is 17.4. The number of amides is 1. The van der Waals surface area contributed by atoms with E-state index >= 15 is 0 Å². The van der Waals surface area contributed by atoms with Gasteiger partial charge in [-0.15, -0.1) is 11.3 Å². The number of thiophene rings is 1. The highest BCUT2D eigenvalue weighted by Crippen LogP contribution is 2.35. The van der Waals surface area contributed by atoms with E-state index in [9.17, 15) is 18.0 Å². The number of alkyl halides is 3. The summed E-state index contributed by atoms with van der Waals surface area (Å²) < 4.78 is 42.2. The molecule has 5 rings (SSSR count). The summed E-state index contributed by atoms with van der Waals surface area (Å²) in [5.74, 6) is -0.353. The summed E-state index contributed by atoms with van der Waals surface area (Å²) in [7, 11) is 0. The number of halogens is 3. The van der Waals surface area contributed by atoms with Crippen LogP contribution in [0.5, 0.6) is 0 Å². The molecule has 4 aromatic rings. The van der Waals surface area contributed by atoms with Crippen molar-refractivity contribution in [3.63, 3.8) is 0 Å². The minimum absolute atomic E-state index is 0.144. The number of nitrogens with zero attached hydrogens (tertiary/aromatic N) is 5. The molecule has 31 heavy (non-hydrogen) atoms. The molecule has 4 aromatic heterocycles. The Bertz CT molecular complexity index is 1220. The Morgan fingerprint density at radius 2 is 2.13 bits per heavy atom. The summed E-state index contributed by atoms with van der Waals surface area (Å²) in [5, 5.41) is 12.5. The number of nitrogens with one attached hydrogen (secondary N) is 1. The number of rotatable bonds is 3. The number of carbonyl (C=O) groups excluding carboxylic acids is 1. The van der Waals surface area contributed by atoms with Crippen molar-refractivity contribution in [1.29, 1.82) is 0 Å². The Balaban J connectivity index is 1.51. The first-order chi connectivity index (χ1) is 14.9. The molecule has 160 valence electrons. The molecule has 1 fully saturated rings. The van der Waals surface area contributed by atoms with Crippen LogP contribution in [-0.2, 0) is 6.18 Å². The summed E-state index contributed by atoms with van der Waals surface area (Å²) in [4.78, 5) is 19.4. The van der Waals surface area contributed by atoms with Crippen molar-refractivity contribution in [2.45, 2.75) is 24.9 Å². The molecule has 0 aliphatic carbocycles. The molecular formula is C20H17F3N6OS. The zero-order chi connectivity index (χ0) is 21.6. The van der Waals surface area contributed by atoms with Crippen LogP contribution in [0.2, 0.25) is 0 Å². The predicted molar refractivity (Wildman–Crippen MR) is 108 cm³/mol. The van der Waals surface area contributed by atoms with Crippen LogP contribution < -0.4 is 0 Å². The van der Waals surface area contributed by atoms with Gasteiger partial charge in [-0.3, -0.25) is 9.89 Å². The molecule has 7 nitrogen and oxygen atoms in total. The minimum atomic E-state index is -4.58. The third-order valence-corrected chi connectivity index (χ3v) is 6.26. The van der Waals surface area contributed by atoms with Gasteiger partial charge in [0.2, 0.25) is 0 Å². The van der Waals surface area contributed by atoms with E-state index in [0.29, 0.717) is 29.4 Å². The van der Waals surface area contributed by atoms with Crippen LogP contribution in [0, 0.1) is 0 Å². The monoisotopic (exact) mass is 446 g/mol. The molecule has 0 unspecified atom stereocenters. The van der Waals surface area contributed by atoms with E-state index in [1.165, 1.54) is 17.5 Å². The van der Waals surface area contributed by atoms with Crippen LogP contribution in [0.1, 0.15) is 40.6 Å². The number of H-pyrrole nitrogens is 1. The number of hydrogen-bond acceptors (Lipinski definition) is 5. The molecule has 5 heterocycles. The van der Waals surface area contributed by atoms with E-state index in [4.69, 9.17) is 0 Å². The van der Waals surface area contributed by atoms with Crippen molar-refractivity contribution in [2.75, 3.05) is 13.1 Å². The molecule has 11 heteroatoms. The Morgan fingerprint density at radius 1 is 1.26 bits per heavy atom. The fraction of sp³-hybridized carbons (Fsp3) is 0.300. The van der Waals surface area contributed by atoms with Crippen LogP contribution in [0.3, 0.4) is 0 Å². The molecule has 1 atom stereocenters. The average Bonchev–Trinajstić information content (AvgIpc) is 3.53. The van der Waals surface area contributed by atoms with Gasteiger partial charge in [-0.05, 0) is 36.4 Å². The van der Waals surface area contributed by atoms with E-state index in [1.54, 1.807) is 34.5 Å². The van der Waals surface area contributed by atoms with E-state index in [0.717, 1.165) is 23.4 Å². The zero-order valence-corrected chi connectivity index (χ0v) is 17.0. The molecule has 0 spiro atoms. The van der Waals surface area contributed by atoms with Crippen molar-refractivity contribution in [2.24, 2.45) is 0 Å². The lowest BCUT2D eigenvalue weighted by Gasteiger charge is -2.31. The van der Waals surface area contributed by atoms with Crippen molar-refractivity contribution < 1.29 is 18.0 Å². The lowest BCUT2D eigenvalue weighted by Crippen LogP contribution is -2.39. The smallest absolute Gasteiger partial charge is 0.337 e. The average molecular weight is 446 g/mol. The summed E-state index contributed by atoms with van der Waals surface area (Å²) in [6.07, 6.45) is -1.61. The van der Waals surface area contributed by atoms with E-state index in [-0.39, 0.29) is 23.2 Å². The largest absolute Gasteiger partial charge is 0.433 e. The number of aromatic nitrogens is 5. The SMILES string of the molecule is O=C(c1ccn[nH]1)N1CCC[C@H](c2cc3nc(-c4cccs4)cc(C(F)(F)F)n3n2)C1. The quantitative estimate of drug-likeness (QED) is 0.511. The fourth-order valence-corrected chi connectivity index (χ4v) is 4.58. The summed E-state index contributed by atoms with van der Waals surface area (Å²) >= 11 is 1.33. The summed E-state index contributed by atoms with van der Waals surface area (Å²) in [5.41, 5.74) is 0.431. The van der Waals surface area contributed by atoms with Crippen LogP contribution >= 0.6 is 11.3 Å². The Kier molecular flexibility index (Phi) is 4.77. The highest BCUT2D eigenvalue weighted by Gasteiger charge is 2.36. The van der Waals surface area contributed by atoms with Gasteiger partial charge < -0.3 is 4.90 Å². The van der Waals surface area contributed by atoms with Gasteiger partial charge in [0.1, 0.15) is 5.69 Å². The number of fused-ring (bicyclic) bond motifs is 1. The second-order valence-electron chi connectivity index (χ2n) is 7.40. The van der Waals surface area contributed by atoms with Gasteiger partial charge >= 0.3 is 6.18 Å². The number of likely N-dealkylation sites (tertiary alicyclic amines) is 1. The predicted octanol–water partition coefficient (Wildman–Crippen LogP) is 4.22. The molecular weight excluding hydrogens is 429 g/mol. The van der Waals surface area contributed by atoms with Gasteiger partial charge in [0.15, 0.2) is 11.3 Å². The van der Waals surface area contributed by atoms with E-state index in [2.05, 4.69) is 20.3 Å². The molecule has 1 amide bonds. The van der Waals surface area contributed by atoms with Crippen molar-refractivity contribution in [1.82, 2.24) is 29.7 Å². The zero-order valence-electron chi connectivity index (χ0n) is 16.1. The Labute approximate surface area is 178 Å². The van der Waals surface area contributed by atoms with Crippen molar-refractivity contribution in [3.8, 4) is 10.6 Å².